The molecule has 1 heterocycles. The van der Waals surface area contributed by atoms with Crippen molar-refractivity contribution < 1.29 is 33.0 Å². The van der Waals surface area contributed by atoms with E-state index in [2.05, 4.69) is 0 Å². The minimum Gasteiger partial charge on any atom is -0.480 e. The Hall–Kier alpha value is -1.51. The van der Waals surface area contributed by atoms with Gasteiger partial charge in [-0.25, -0.2) is 4.79 Å². The first-order valence-electron chi connectivity index (χ1n) is 6.05. The van der Waals surface area contributed by atoms with Gasteiger partial charge in [-0.15, -0.1) is 0 Å². The highest BCUT2D eigenvalue weighted by molar-refractivity contribution is 5.80. The first kappa shape index (κ1) is 16.5. The monoisotopic (exact) mass is 298 g/mol. The number of amides is 2. The summed E-state index contributed by atoms with van der Waals surface area (Å²) in [5.74, 6) is -1.51. The molecule has 116 valence electrons. The Labute approximate surface area is 113 Å². The molecule has 2 amide bonds. The Balaban J connectivity index is 2.70. The second kappa shape index (κ2) is 5.86. The zero-order chi connectivity index (χ0) is 15.6. The van der Waals surface area contributed by atoms with Gasteiger partial charge in [0.1, 0.15) is 13.1 Å². The summed E-state index contributed by atoms with van der Waals surface area (Å²) in [7, 11) is 0. The molecule has 20 heavy (non-hydrogen) atoms. The number of carboxylic acids is 1. The number of carboxylic acid groups (broad SMARTS) is 1. The van der Waals surface area contributed by atoms with Gasteiger partial charge in [-0.3, -0.25) is 4.79 Å². The van der Waals surface area contributed by atoms with Gasteiger partial charge in [0.15, 0.2) is 0 Å². The van der Waals surface area contributed by atoms with Crippen molar-refractivity contribution in [3.63, 3.8) is 0 Å². The number of likely N-dealkylation sites (tertiary alicyclic amines) is 1. The van der Waals surface area contributed by atoms with Crippen molar-refractivity contribution in [1.29, 1.82) is 0 Å². The van der Waals surface area contributed by atoms with Crippen molar-refractivity contribution in [3.8, 4) is 0 Å². The molecule has 0 bridgehead atoms. The summed E-state index contributed by atoms with van der Waals surface area (Å²) in [6.07, 6.45) is -4.18. The van der Waals surface area contributed by atoms with E-state index in [9.17, 15) is 27.9 Å². The molecule has 2 N–H and O–H groups in total. The fraction of sp³-hybridized carbons (Fsp3) is 0.818. The molecule has 0 saturated carbocycles. The molecule has 0 atom stereocenters. The van der Waals surface area contributed by atoms with Gasteiger partial charge in [-0.05, 0) is 19.8 Å². The van der Waals surface area contributed by atoms with E-state index in [-0.39, 0.29) is 30.8 Å². The number of hydrogen-bond acceptors (Lipinski definition) is 3. The number of halogens is 3. The summed E-state index contributed by atoms with van der Waals surface area (Å²) >= 11 is 0. The van der Waals surface area contributed by atoms with Crippen LogP contribution in [-0.4, -0.2) is 70.0 Å². The molecular weight excluding hydrogens is 281 g/mol. The van der Waals surface area contributed by atoms with Crippen LogP contribution in [0.5, 0.6) is 0 Å². The van der Waals surface area contributed by atoms with Gasteiger partial charge < -0.3 is 20.0 Å². The lowest BCUT2D eigenvalue weighted by Crippen LogP contribution is -2.53. The molecule has 0 spiro atoms. The number of alkyl halides is 3. The molecule has 0 aromatic rings. The van der Waals surface area contributed by atoms with Gasteiger partial charge >= 0.3 is 18.2 Å². The predicted molar refractivity (Wildman–Crippen MR) is 62.1 cm³/mol. The first-order chi connectivity index (χ1) is 9.00. The number of piperidine rings is 1. The van der Waals surface area contributed by atoms with E-state index in [1.165, 1.54) is 0 Å². The Morgan fingerprint density at radius 2 is 1.80 bits per heavy atom. The van der Waals surface area contributed by atoms with Crippen LogP contribution < -0.4 is 0 Å². The van der Waals surface area contributed by atoms with Crippen LogP contribution in [0.25, 0.3) is 0 Å². The Morgan fingerprint density at radius 3 is 2.20 bits per heavy atom. The van der Waals surface area contributed by atoms with Crippen LogP contribution in [0.4, 0.5) is 18.0 Å². The fourth-order valence-corrected chi connectivity index (χ4v) is 1.95. The molecule has 0 aromatic heterocycles. The number of carbonyl (C=O) groups excluding carboxylic acids is 1. The highest BCUT2D eigenvalue weighted by atomic mass is 19.4. The van der Waals surface area contributed by atoms with Crippen LogP contribution in [0, 0.1) is 0 Å². The number of rotatable bonds is 3. The molecular formula is C11H17F3N2O4. The van der Waals surface area contributed by atoms with Crippen molar-refractivity contribution in [3.05, 3.63) is 0 Å². The van der Waals surface area contributed by atoms with E-state index in [0.29, 0.717) is 0 Å². The molecule has 1 saturated heterocycles. The lowest BCUT2D eigenvalue weighted by atomic mass is 9.94. The second-order valence-electron chi connectivity index (χ2n) is 5.13. The lowest BCUT2D eigenvalue weighted by molar-refractivity contribution is -0.150. The summed E-state index contributed by atoms with van der Waals surface area (Å²) < 4.78 is 37.1. The topological polar surface area (TPSA) is 81.1 Å². The third-order valence-corrected chi connectivity index (χ3v) is 3.08. The quantitative estimate of drug-likeness (QED) is 0.811. The van der Waals surface area contributed by atoms with Gasteiger partial charge in [-0.1, -0.05) is 0 Å². The molecule has 0 unspecified atom stereocenters. The maximum Gasteiger partial charge on any atom is 0.406 e. The molecule has 1 fully saturated rings. The van der Waals surface area contributed by atoms with Crippen molar-refractivity contribution in [2.24, 2.45) is 0 Å². The van der Waals surface area contributed by atoms with E-state index in [1.54, 1.807) is 6.92 Å². The fourth-order valence-electron chi connectivity index (χ4n) is 1.95. The number of carbonyl (C=O) groups is 2. The number of urea groups is 1. The van der Waals surface area contributed by atoms with E-state index in [0.717, 1.165) is 4.90 Å². The average molecular weight is 298 g/mol. The van der Waals surface area contributed by atoms with Crippen molar-refractivity contribution >= 4 is 12.0 Å². The van der Waals surface area contributed by atoms with E-state index < -0.39 is 36.9 Å². The van der Waals surface area contributed by atoms with Crippen molar-refractivity contribution in [2.75, 3.05) is 26.2 Å². The molecule has 0 aliphatic carbocycles. The maximum atomic E-state index is 12.4. The second-order valence-corrected chi connectivity index (χ2v) is 5.13. The average Bonchev–Trinajstić information content (AvgIpc) is 2.24. The minimum atomic E-state index is -4.66. The molecule has 9 heteroatoms. The standard InChI is InChI=1S/C11H17F3N2O4/c1-10(20)2-4-15(5-3-10)9(19)16(6-8(17)18)7-11(12,13)14/h20H,2-7H2,1H3,(H,17,18). The summed E-state index contributed by atoms with van der Waals surface area (Å²) in [5, 5.41) is 18.3. The third-order valence-electron chi connectivity index (χ3n) is 3.08. The number of hydrogen-bond donors (Lipinski definition) is 2. The van der Waals surface area contributed by atoms with Crippen molar-refractivity contribution in [2.45, 2.75) is 31.5 Å². The predicted octanol–water partition coefficient (Wildman–Crippen LogP) is 0.902. The Kier molecular flexibility index (Phi) is 4.85. The van der Waals surface area contributed by atoms with Gasteiger partial charge in [0.2, 0.25) is 0 Å². The number of aliphatic carboxylic acids is 1. The molecule has 0 aromatic carbocycles. The molecule has 1 aliphatic heterocycles. The highest BCUT2D eigenvalue weighted by Gasteiger charge is 2.37. The van der Waals surface area contributed by atoms with Crippen LogP contribution in [0.1, 0.15) is 19.8 Å². The Morgan fingerprint density at radius 1 is 1.30 bits per heavy atom. The largest absolute Gasteiger partial charge is 0.480 e. The summed E-state index contributed by atoms with van der Waals surface area (Å²) in [4.78, 5) is 23.9. The third kappa shape index (κ3) is 5.24. The van der Waals surface area contributed by atoms with Crippen LogP contribution in [0.2, 0.25) is 0 Å². The van der Waals surface area contributed by atoms with Crippen LogP contribution >= 0.6 is 0 Å². The SMILES string of the molecule is CC1(O)CCN(C(=O)N(CC(=O)O)CC(F)(F)F)CC1. The van der Waals surface area contributed by atoms with Crippen LogP contribution in [-0.2, 0) is 4.79 Å². The van der Waals surface area contributed by atoms with Crippen molar-refractivity contribution in [1.82, 2.24) is 9.80 Å². The van der Waals surface area contributed by atoms with Gasteiger partial charge in [0, 0.05) is 13.1 Å². The minimum absolute atomic E-state index is 0.0970. The maximum absolute atomic E-state index is 12.4. The highest BCUT2D eigenvalue weighted by Crippen LogP contribution is 2.23. The number of nitrogens with zero attached hydrogens (tertiary/aromatic N) is 2. The zero-order valence-electron chi connectivity index (χ0n) is 11.0. The lowest BCUT2D eigenvalue weighted by Gasteiger charge is -2.38. The summed E-state index contributed by atoms with van der Waals surface area (Å²) in [5.41, 5.74) is -0.946. The van der Waals surface area contributed by atoms with E-state index >= 15 is 0 Å². The summed E-state index contributed by atoms with van der Waals surface area (Å²) in [6, 6.07) is -0.972. The van der Waals surface area contributed by atoms with Gasteiger partial charge in [0.05, 0.1) is 5.60 Å². The first-order valence-corrected chi connectivity index (χ1v) is 6.05. The van der Waals surface area contributed by atoms with Gasteiger partial charge in [0.25, 0.3) is 0 Å². The van der Waals surface area contributed by atoms with Crippen LogP contribution in [0.3, 0.4) is 0 Å². The Bertz CT molecular complexity index is 374. The smallest absolute Gasteiger partial charge is 0.406 e. The zero-order valence-corrected chi connectivity index (χ0v) is 11.0. The molecule has 1 aliphatic rings. The molecule has 0 radical (unpaired) electrons. The van der Waals surface area contributed by atoms with E-state index in [1.807, 2.05) is 0 Å². The van der Waals surface area contributed by atoms with E-state index in [4.69, 9.17) is 5.11 Å². The molecule has 6 nitrogen and oxygen atoms in total. The number of aliphatic hydroxyl groups is 1. The normalized spacial score (nSPS) is 18.8. The van der Waals surface area contributed by atoms with Gasteiger partial charge in [-0.2, -0.15) is 13.2 Å². The summed E-state index contributed by atoms with van der Waals surface area (Å²) in [6.45, 7) is -0.838. The molecule has 1 rings (SSSR count). The van der Waals surface area contributed by atoms with Crippen LogP contribution in [0.15, 0.2) is 0 Å².